The quantitative estimate of drug-likeness (QED) is 0.496. The summed E-state index contributed by atoms with van der Waals surface area (Å²) in [7, 11) is 5.26. The predicted octanol–water partition coefficient (Wildman–Crippen LogP) is 2.61. The highest BCUT2D eigenvalue weighted by Gasteiger charge is 2.30. The van der Waals surface area contributed by atoms with Crippen molar-refractivity contribution in [3.05, 3.63) is 0 Å². The van der Waals surface area contributed by atoms with Crippen molar-refractivity contribution in [3.8, 4) is 0 Å². The van der Waals surface area contributed by atoms with Crippen LogP contribution in [0.5, 0.6) is 0 Å². The van der Waals surface area contributed by atoms with E-state index in [0.717, 1.165) is 32.3 Å². The third-order valence-electron chi connectivity index (χ3n) is 3.92. The van der Waals surface area contributed by atoms with E-state index in [1.165, 1.54) is 6.42 Å². The van der Waals surface area contributed by atoms with Gasteiger partial charge in [-0.15, -0.1) is 0 Å². The molecule has 1 aliphatic carbocycles. The first-order chi connectivity index (χ1) is 8.71. The zero-order chi connectivity index (χ0) is 13.4. The zero-order valence-electron chi connectivity index (χ0n) is 12.2. The van der Waals surface area contributed by atoms with Crippen molar-refractivity contribution in [2.75, 3.05) is 27.9 Å². The Kier molecular flexibility index (Phi) is 7.82. The van der Waals surface area contributed by atoms with Crippen LogP contribution in [-0.4, -0.2) is 46.4 Å². The standard InChI is InChI=1S/C14H28O4/c1-11(15-2)18-9-5-6-12-7-8-13(16-3)10-14(12)17-4/h11-14H,5-10H2,1-4H3. The Balaban J connectivity index is 2.20. The van der Waals surface area contributed by atoms with Crippen LogP contribution in [0, 0.1) is 5.92 Å². The second-order valence-electron chi connectivity index (χ2n) is 5.02. The van der Waals surface area contributed by atoms with Gasteiger partial charge in [0.25, 0.3) is 0 Å². The van der Waals surface area contributed by atoms with E-state index in [0.29, 0.717) is 18.1 Å². The molecule has 0 spiro atoms. The van der Waals surface area contributed by atoms with E-state index in [4.69, 9.17) is 18.9 Å². The monoisotopic (exact) mass is 260 g/mol. The predicted molar refractivity (Wildman–Crippen MR) is 70.6 cm³/mol. The summed E-state index contributed by atoms with van der Waals surface area (Å²) in [6.45, 7) is 2.68. The van der Waals surface area contributed by atoms with E-state index in [2.05, 4.69) is 0 Å². The first-order valence-corrected chi connectivity index (χ1v) is 6.91. The Bertz CT molecular complexity index is 210. The Labute approximate surface area is 111 Å². The lowest BCUT2D eigenvalue weighted by Gasteiger charge is -2.34. The SMILES string of the molecule is COC1CCC(CCCOC(C)OC)C(OC)C1. The summed E-state index contributed by atoms with van der Waals surface area (Å²) < 4.78 is 21.6. The summed E-state index contributed by atoms with van der Waals surface area (Å²) in [6.07, 6.45) is 6.19. The van der Waals surface area contributed by atoms with E-state index in [1.54, 1.807) is 21.3 Å². The molecule has 0 saturated heterocycles. The van der Waals surface area contributed by atoms with Crippen LogP contribution >= 0.6 is 0 Å². The van der Waals surface area contributed by atoms with Crippen molar-refractivity contribution < 1.29 is 18.9 Å². The maximum Gasteiger partial charge on any atom is 0.154 e. The second kappa shape index (κ2) is 8.86. The van der Waals surface area contributed by atoms with Crippen LogP contribution in [0.4, 0.5) is 0 Å². The zero-order valence-corrected chi connectivity index (χ0v) is 12.2. The van der Waals surface area contributed by atoms with Gasteiger partial charge < -0.3 is 18.9 Å². The first-order valence-electron chi connectivity index (χ1n) is 6.91. The average Bonchev–Trinajstić information content (AvgIpc) is 2.43. The van der Waals surface area contributed by atoms with Crippen LogP contribution in [0.15, 0.2) is 0 Å². The lowest BCUT2D eigenvalue weighted by Crippen LogP contribution is -2.34. The number of ether oxygens (including phenoxy) is 4. The van der Waals surface area contributed by atoms with Crippen LogP contribution in [-0.2, 0) is 18.9 Å². The van der Waals surface area contributed by atoms with Crippen LogP contribution in [0.2, 0.25) is 0 Å². The van der Waals surface area contributed by atoms with Gasteiger partial charge in [0.15, 0.2) is 6.29 Å². The molecule has 0 heterocycles. The molecular weight excluding hydrogens is 232 g/mol. The fourth-order valence-corrected chi connectivity index (χ4v) is 2.65. The van der Waals surface area contributed by atoms with Crippen LogP contribution in [0.25, 0.3) is 0 Å². The maximum atomic E-state index is 5.59. The molecule has 0 aromatic heterocycles. The molecule has 0 aromatic carbocycles. The van der Waals surface area contributed by atoms with Gasteiger partial charge in [-0.1, -0.05) is 0 Å². The minimum Gasteiger partial charge on any atom is -0.381 e. The lowest BCUT2D eigenvalue weighted by molar-refractivity contribution is -0.113. The van der Waals surface area contributed by atoms with Gasteiger partial charge >= 0.3 is 0 Å². The lowest BCUT2D eigenvalue weighted by atomic mass is 9.82. The first kappa shape index (κ1) is 15.9. The molecule has 4 atom stereocenters. The van der Waals surface area contributed by atoms with Crippen LogP contribution in [0.1, 0.15) is 39.0 Å². The second-order valence-corrected chi connectivity index (χ2v) is 5.02. The number of hydrogen-bond donors (Lipinski definition) is 0. The normalized spacial score (nSPS) is 30.3. The summed E-state index contributed by atoms with van der Waals surface area (Å²) in [5, 5.41) is 0. The van der Waals surface area contributed by atoms with Gasteiger partial charge in [0, 0.05) is 27.9 Å². The van der Waals surface area contributed by atoms with Gasteiger partial charge in [0.1, 0.15) is 0 Å². The molecule has 4 heteroatoms. The molecular formula is C14H28O4. The van der Waals surface area contributed by atoms with Crippen molar-refractivity contribution in [3.63, 3.8) is 0 Å². The van der Waals surface area contributed by atoms with Crippen LogP contribution in [0.3, 0.4) is 0 Å². The third kappa shape index (κ3) is 5.22. The summed E-state index contributed by atoms with van der Waals surface area (Å²) >= 11 is 0. The highest BCUT2D eigenvalue weighted by atomic mass is 16.7. The largest absolute Gasteiger partial charge is 0.381 e. The van der Waals surface area contributed by atoms with E-state index in [9.17, 15) is 0 Å². The fourth-order valence-electron chi connectivity index (χ4n) is 2.65. The molecule has 0 aromatic rings. The van der Waals surface area contributed by atoms with Gasteiger partial charge in [0.05, 0.1) is 12.2 Å². The Morgan fingerprint density at radius 3 is 2.50 bits per heavy atom. The van der Waals surface area contributed by atoms with Crippen molar-refractivity contribution in [1.82, 2.24) is 0 Å². The van der Waals surface area contributed by atoms with E-state index in [-0.39, 0.29) is 6.29 Å². The Hall–Kier alpha value is -0.160. The van der Waals surface area contributed by atoms with E-state index in [1.807, 2.05) is 6.92 Å². The molecule has 0 N–H and O–H groups in total. The summed E-state index contributed by atoms with van der Waals surface area (Å²) in [4.78, 5) is 0. The number of methoxy groups -OCH3 is 3. The molecule has 1 saturated carbocycles. The minimum atomic E-state index is -0.104. The molecule has 18 heavy (non-hydrogen) atoms. The smallest absolute Gasteiger partial charge is 0.154 e. The van der Waals surface area contributed by atoms with Gasteiger partial charge in [-0.05, 0) is 44.9 Å². The molecule has 0 aliphatic heterocycles. The minimum absolute atomic E-state index is 0.104. The van der Waals surface area contributed by atoms with Crippen molar-refractivity contribution in [1.29, 1.82) is 0 Å². The topological polar surface area (TPSA) is 36.9 Å². The van der Waals surface area contributed by atoms with Crippen molar-refractivity contribution in [2.45, 2.75) is 57.5 Å². The highest BCUT2D eigenvalue weighted by Crippen LogP contribution is 2.31. The van der Waals surface area contributed by atoms with Gasteiger partial charge in [-0.25, -0.2) is 0 Å². The van der Waals surface area contributed by atoms with E-state index < -0.39 is 0 Å². The van der Waals surface area contributed by atoms with Gasteiger partial charge in [0.2, 0.25) is 0 Å². The van der Waals surface area contributed by atoms with Gasteiger partial charge in [-0.2, -0.15) is 0 Å². The Morgan fingerprint density at radius 2 is 1.89 bits per heavy atom. The molecule has 4 unspecified atom stereocenters. The maximum absolute atomic E-state index is 5.59. The average molecular weight is 260 g/mol. The molecule has 1 aliphatic rings. The highest BCUT2D eigenvalue weighted by molar-refractivity contribution is 4.81. The van der Waals surface area contributed by atoms with Crippen molar-refractivity contribution >= 4 is 0 Å². The number of hydrogen-bond acceptors (Lipinski definition) is 4. The molecule has 0 amide bonds. The molecule has 1 rings (SSSR count). The van der Waals surface area contributed by atoms with Gasteiger partial charge in [-0.3, -0.25) is 0 Å². The molecule has 108 valence electrons. The fraction of sp³-hybridized carbons (Fsp3) is 1.00. The summed E-state index contributed by atoms with van der Waals surface area (Å²) in [6, 6.07) is 0. The molecule has 0 radical (unpaired) electrons. The third-order valence-corrected chi connectivity index (χ3v) is 3.92. The molecule has 1 fully saturated rings. The molecule has 4 nitrogen and oxygen atoms in total. The Morgan fingerprint density at radius 1 is 1.11 bits per heavy atom. The van der Waals surface area contributed by atoms with E-state index >= 15 is 0 Å². The summed E-state index contributed by atoms with van der Waals surface area (Å²) in [5.74, 6) is 0.642. The molecule has 0 bridgehead atoms. The number of rotatable bonds is 8. The van der Waals surface area contributed by atoms with Crippen LogP contribution < -0.4 is 0 Å². The van der Waals surface area contributed by atoms with Crippen molar-refractivity contribution in [2.24, 2.45) is 5.92 Å². The summed E-state index contributed by atoms with van der Waals surface area (Å²) in [5.41, 5.74) is 0.